The van der Waals surface area contributed by atoms with Gasteiger partial charge in [0.25, 0.3) is 5.91 Å². The van der Waals surface area contributed by atoms with E-state index in [1.54, 1.807) is 18.2 Å². The predicted molar refractivity (Wildman–Crippen MR) is 104 cm³/mol. The molecule has 0 bridgehead atoms. The smallest absolute Gasteiger partial charge is 0.331 e. The molecule has 0 saturated carbocycles. The highest BCUT2D eigenvalue weighted by atomic mass is 19.1. The van der Waals surface area contributed by atoms with Gasteiger partial charge in [-0.1, -0.05) is 6.07 Å². The molecule has 0 radical (unpaired) electrons. The van der Waals surface area contributed by atoms with Crippen molar-refractivity contribution in [2.24, 2.45) is 0 Å². The summed E-state index contributed by atoms with van der Waals surface area (Å²) in [7, 11) is 1.50. The van der Waals surface area contributed by atoms with Crippen LogP contribution >= 0.6 is 0 Å². The Kier molecular flexibility index (Phi) is 7.70. The van der Waals surface area contributed by atoms with E-state index in [0.29, 0.717) is 17.1 Å². The van der Waals surface area contributed by atoms with Gasteiger partial charge in [-0.2, -0.15) is 0 Å². The maximum absolute atomic E-state index is 13.5. The minimum absolute atomic E-state index is 0.0210. The molecule has 1 amide bonds. The van der Waals surface area contributed by atoms with Gasteiger partial charge < -0.3 is 19.5 Å². The number of amides is 1. The molecule has 0 fully saturated rings. The first-order chi connectivity index (χ1) is 13.8. The van der Waals surface area contributed by atoms with Crippen LogP contribution in [0.4, 0.5) is 14.5 Å². The van der Waals surface area contributed by atoms with Crippen LogP contribution in [-0.4, -0.2) is 31.7 Å². The zero-order valence-electron chi connectivity index (χ0n) is 16.2. The number of esters is 1. The van der Waals surface area contributed by atoms with E-state index in [2.05, 4.69) is 5.32 Å². The molecule has 0 saturated heterocycles. The summed E-state index contributed by atoms with van der Waals surface area (Å²) in [5.74, 6) is -2.00. The number of anilines is 1. The Morgan fingerprint density at radius 3 is 2.55 bits per heavy atom. The Morgan fingerprint density at radius 1 is 1.10 bits per heavy atom. The van der Waals surface area contributed by atoms with Gasteiger partial charge in [-0.25, -0.2) is 13.6 Å². The number of carbonyl (C=O) groups is 2. The molecule has 0 aromatic heterocycles. The topological polar surface area (TPSA) is 73.9 Å². The molecule has 2 aromatic rings. The number of benzene rings is 2. The van der Waals surface area contributed by atoms with Crippen LogP contribution in [0.3, 0.4) is 0 Å². The van der Waals surface area contributed by atoms with Crippen LogP contribution in [0.15, 0.2) is 42.5 Å². The molecule has 2 rings (SSSR count). The van der Waals surface area contributed by atoms with Gasteiger partial charge in [-0.15, -0.1) is 0 Å². The first kappa shape index (κ1) is 21.9. The molecule has 0 aliphatic heterocycles. The maximum atomic E-state index is 13.5. The van der Waals surface area contributed by atoms with Crippen LogP contribution in [0, 0.1) is 11.6 Å². The van der Waals surface area contributed by atoms with E-state index in [4.69, 9.17) is 14.2 Å². The van der Waals surface area contributed by atoms with Gasteiger partial charge in [0.05, 0.1) is 18.9 Å². The van der Waals surface area contributed by atoms with E-state index >= 15 is 0 Å². The number of hydrogen-bond donors (Lipinski definition) is 1. The fraction of sp³-hybridized carbons (Fsp3) is 0.238. The maximum Gasteiger partial charge on any atom is 0.331 e. The minimum atomic E-state index is -0.801. The molecule has 0 aliphatic carbocycles. The number of methoxy groups -OCH3 is 1. The van der Waals surface area contributed by atoms with Crippen molar-refractivity contribution in [3.63, 3.8) is 0 Å². The van der Waals surface area contributed by atoms with E-state index in [1.807, 2.05) is 13.8 Å². The quantitative estimate of drug-likeness (QED) is 0.532. The third kappa shape index (κ3) is 6.91. The lowest BCUT2D eigenvalue weighted by Gasteiger charge is -2.13. The second-order valence-electron chi connectivity index (χ2n) is 6.19. The van der Waals surface area contributed by atoms with Crippen molar-refractivity contribution in [3.8, 4) is 11.5 Å². The zero-order chi connectivity index (χ0) is 21.4. The van der Waals surface area contributed by atoms with Crippen LogP contribution in [-0.2, 0) is 14.3 Å². The van der Waals surface area contributed by atoms with E-state index < -0.39 is 30.1 Å². The van der Waals surface area contributed by atoms with E-state index in [1.165, 1.54) is 13.2 Å². The van der Waals surface area contributed by atoms with Gasteiger partial charge in [0.2, 0.25) is 0 Å². The number of hydrogen-bond acceptors (Lipinski definition) is 5. The van der Waals surface area contributed by atoms with Gasteiger partial charge in [-0.3, -0.25) is 4.79 Å². The molecule has 0 aliphatic rings. The highest BCUT2D eigenvalue weighted by molar-refractivity contribution is 5.94. The van der Waals surface area contributed by atoms with Crippen molar-refractivity contribution in [2.75, 3.05) is 19.0 Å². The summed E-state index contributed by atoms with van der Waals surface area (Å²) in [6.45, 7) is 3.13. The fourth-order valence-corrected chi connectivity index (χ4v) is 2.27. The number of nitrogens with one attached hydrogen (secondary N) is 1. The predicted octanol–water partition coefficient (Wildman–Crippen LogP) is 3.96. The zero-order valence-corrected chi connectivity index (χ0v) is 16.2. The highest BCUT2D eigenvalue weighted by Gasteiger charge is 2.10. The first-order valence-corrected chi connectivity index (χ1v) is 8.73. The average molecular weight is 405 g/mol. The molecular formula is C21H21F2NO5. The summed E-state index contributed by atoms with van der Waals surface area (Å²) >= 11 is 0. The minimum Gasteiger partial charge on any atom is -0.493 e. The standard InChI is InChI=1S/C21H21F2NO5/c1-13(2)29-18-8-4-14(10-19(18)27-3)5-9-21(26)28-12-20(25)24-17-11-15(22)6-7-16(17)23/h4-11,13H,12H2,1-3H3,(H,24,25)/b9-5+. The van der Waals surface area contributed by atoms with Crippen molar-refractivity contribution < 1.29 is 32.6 Å². The molecule has 0 unspecified atom stereocenters. The number of rotatable bonds is 8. The second kappa shape index (κ2) is 10.2. The summed E-state index contributed by atoms with van der Waals surface area (Å²) in [6, 6.07) is 7.75. The SMILES string of the molecule is COc1cc(/C=C/C(=O)OCC(=O)Nc2cc(F)ccc2F)ccc1OC(C)C. The van der Waals surface area contributed by atoms with Gasteiger partial charge in [0.15, 0.2) is 18.1 Å². The molecule has 154 valence electrons. The number of halogens is 2. The summed E-state index contributed by atoms with van der Waals surface area (Å²) in [5.41, 5.74) is 0.318. The van der Waals surface area contributed by atoms with E-state index in [-0.39, 0.29) is 11.8 Å². The Balaban J connectivity index is 1.90. The van der Waals surface area contributed by atoms with Crippen LogP contribution < -0.4 is 14.8 Å². The number of carbonyl (C=O) groups excluding carboxylic acids is 2. The summed E-state index contributed by atoms with van der Waals surface area (Å²) in [4.78, 5) is 23.5. The lowest BCUT2D eigenvalue weighted by molar-refractivity contribution is -0.142. The third-order valence-corrected chi connectivity index (χ3v) is 3.51. The summed E-state index contributed by atoms with van der Waals surface area (Å²) in [6.07, 6.45) is 2.59. The van der Waals surface area contributed by atoms with Crippen LogP contribution in [0.25, 0.3) is 6.08 Å². The largest absolute Gasteiger partial charge is 0.493 e. The summed E-state index contributed by atoms with van der Waals surface area (Å²) in [5, 5.41) is 2.13. The summed E-state index contributed by atoms with van der Waals surface area (Å²) < 4.78 is 42.2. The van der Waals surface area contributed by atoms with Crippen LogP contribution in [0.1, 0.15) is 19.4 Å². The molecule has 0 heterocycles. The normalized spacial score (nSPS) is 10.8. The molecule has 1 N–H and O–H groups in total. The van der Waals surface area contributed by atoms with Gasteiger partial charge in [0, 0.05) is 12.1 Å². The lowest BCUT2D eigenvalue weighted by atomic mass is 10.2. The second-order valence-corrected chi connectivity index (χ2v) is 6.19. The van der Waals surface area contributed by atoms with Crippen molar-refractivity contribution in [1.29, 1.82) is 0 Å². The average Bonchev–Trinajstić information content (AvgIpc) is 2.68. The van der Waals surface area contributed by atoms with Gasteiger partial charge >= 0.3 is 5.97 Å². The van der Waals surface area contributed by atoms with E-state index in [9.17, 15) is 18.4 Å². The van der Waals surface area contributed by atoms with Gasteiger partial charge in [-0.05, 0) is 49.8 Å². The Morgan fingerprint density at radius 2 is 1.86 bits per heavy atom. The van der Waals surface area contributed by atoms with E-state index in [0.717, 1.165) is 24.3 Å². The molecule has 6 nitrogen and oxygen atoms in total. The van der Waals surface area contributed by atoms with Crippen LogP contribution in [0.2, 0.25) is 0 Å². The highest BCUT2D eigenvalue weighted by Crippen LogP contribution is 2.29. The van der Waals surface area contributed by atoms with Crippen molar-refractivity contribution >= 4 is 23.6 Å². The Labute approximate surface area is 167 Å². The van der Waals surface area contributed by atoms with Crippen molar-refractivity contribution in [1.82, 2.24) is 0 Å². The molecule has 8 heteroatoms. The Bertz CT molecular complexity index is 912. The van der Waals surface area contributed by atoms with Crippen LogP contribution in [0.5, 0.6) is 11.5 Å². The molecular weight excluding hydrogens is 384 g/mol. The molecule has 29 heavy (non-hydrogen) atoms. The monoisotopic (exact) mass is 405 g/mol. The number of ether oxygens (including phenoxy) is 3. The molecule has 0 spiro atoms. The Hall–Kier alpha value is -3.42. The van der Waals surface area contributed by atoms with Crippen molar-refractivity contribution in [2.45, 2.75) is 20.0 Å². The third-order valence-electron chi connectivity index (χ3n) is 3.51. The first-order valence-electron chi connectivity index (χ1n) is 8.73. The van der Waals surface area contributed by atoms with Gasteiger partial charge in [0.1, 0.15) is 11.6 Å². The fourth-order valence-electron chi connectivity index (χ4n) is 2.27. The van der Waals surface area contributed by atoms with Crippen molar-refractivity contribution in [3.05, 3.63) is 59.7 Å². The molecule has 2 aromatic carbocycles. The lowest BCUT2D eigenvalue weighted by Crippen LogP contribution is -2.20. The molecule has 0 atom stereocenters.